The first kappa shape index (κ1) is 12.9. The van der Waals surface area contributed by atoms with Crippen molar-refractivity contribution in [1.82, 2.24) is 4.90 Å². The van der Waals surface area contributed by atoms with Gasteiger partial charge in [-0.15, -0.1) is 0 Å². The van der Waals surface area contributed by atoms with E-state index in [0.717, 1.165) is 18.4 Å². The van der Waals surface area contributed by atoms with Crippen molar-refractivity contribution in [2.75, 3.05) is 19.7 Å². The predicted octanol–water partition coefficient (Wildman–Crippen LogP) is 2.13. The fraction of sp³-hybridized carbons (Fsp3) is 0.500. The number of hydrogen-bond acceptors (Lipinski definition) is 3. The van der Waals surface area contributed by atoms with Gasteiger partial charge in [0.1, 0.15) is 5.60 Å². The smallest absolute Gasteiger partial charge is 0.409 e. The predicted molar refractivity (Wildman–Crippen MR) is 68.2 cm³/mol. The van der Waals surface area contributed by atoms with Gasteiger partial charge in [0.25, 0.3) is 0 Å². The first-order valence-corrected chi connectivity index (χ1v) is 6.35. The van der Waals surface area contributed by atoms with E-state index in [1.807, 2.05) is 37.3 Å². The number of aliphatic hydroxyl groups is 1. The summed E-state index contributed by atoms with van der Waals surface area (Å²) < 4.78 is 5.09. The van der Waals surface area contributed by atoms with Crippen molar-refractivity contribution in [1.29, 1.82) is 0 Å². The largest absolute Gasteiger partial charge is 0.449 e. The minimum absolute atomic E-state index is 0.308. The molecule has 1 aliphatic heterocycles. The van der Waals surface area contributed by atoms with E-state index < -0.39 is 5.60 Å². The lowest BCUT2D eigenvalue weighted by Gasteiger charge is -2.45. The Kier molecular flexibility index (Phi) is 3.87. The highest BCUT2D eigenvalue weighted by Crippen LogP contribution is 2.31. The number of hydrogen-bond donors (Lipinski definition) is 1. The minimum atomic E-state index is -0.912. The SMILES string of the molecule is CCCCOC(=O)N1CC(O)(c2ccccc2)C1. The summed E-state index contributed by atoms with van der Waals surface area (Å²) in [6.45, 7) is 3.12. The second-order valence-corrected chi connectivity index (χ2v) is 4.72. The number of amides is 1. The van der Waals surface area contributed by atoms with Crippen LogP contribution in [0.15, 0.2) is 30.3 Å². The first-order valence-electron chi connectivity index (χ1n) is 6.35. The number of nitrogens with zero attached hydrogens (tertiary/aromatic N) is 1. The van der Waals surface area contributed by atoms with Crippen molar-refractivity contribution >= 4 is 6.09 Å². The highest BCUT2D eigenvalue weighted by molar-refractivity contribution is 5.69. The maximum absolute atomic E-state index is 11.6. The average Bonchev–Trinajstić information content (AvgIpc) is 2.36. The van der Waals surface area contributed by atoms with Crippen LogP contribution in [0.4, 0.5) is 4.79 Å². The molecule has 1 saturated heterocycles. The lowest BCUT2D eigenvalue weighted by Crippen LogP contribution is -2.61. The standard InChI is InChI=1S/C14H19NO3/c1-2-3-9-18-13(16)15-10-14(17,11-15)12-7-5-4-6-8-12/h4-8,17H,2-3,9-11H2,1H3. The molecule has 0 aromatic heterocycles. The zero-order valence-electron chi connectivity index (χ0n) is 10.6. The summed E-state index contributed by atoms with van der Waals surface area (Å²) in [4.78, 5) is 13.1. The Morgan fingerprint density at radius 3 is 2.67 bits per heavy atom. The molecule has 4 heteroatoms. The van der Waals surface area contributed by atoms with Crippen LogP contribution in [0, 0.1) is 0 Å². The molecule has 0 radical (unpaired) electrons. The number of rotatable bonds is 4. The summed E-state index contributed by atoms with van der Waals surface area (Å²) in [5.74, 6) is 0. The third kappa shape index (κ3) is 2.64. The molecule has 1 aromatic carbocycles. The van der Waals surface area contributed by atoms with Gasteiger partial charge in [-0.1, -0.05) is 43.7 Å². The van der Waals surface area contributed by atoms with Crippen molar-refractivity contribution in [2.24, 2.45) is 0 Å². The van der Waals surface area contributed by atoms with Crippen molar-refractivity contribution < 1.29 is 14.6 Å². The van der Waals surface area contributed by atoms with Gasteiger partial charge in [0.15, 0.2) is 0 Å². The zero-order chi connectivity index (χ0) is 13.0. The molecule has 98 valence electrons. The molecule has 4 nitrogen and oxygen atoms in total. The number of carbonyl (C=O) groups is 1. The Bertz CT molecular complexity index is 399. The molecular formula is C14H19NO3. The van der Waals surface area contributed by atoms with E-state index >= 15 is 0 Å². The van der Waals surface area contributed by atoms with Crippen LogP contribution in [-0.4, -0.2) is 35.8 Å². The van der Waals surface area contributed by atoms with Gasteiger partial charge in [0.2, 0.25) is 0 Å². The summed E-state index contributed by atoms with van der Waals surface area (Å²) in [7, 11) is 0. The number of ether oxygens (including phenoxy) is 1. The first-order chi connectivity index (χ1) is 8.65. The molecule has 0 saturated carbocycles. The molecule has 1 fully saturated rings. The number of benzene rings is 1. The van der Waals surface area contributed by atoms with E-state index in [-0.39, 0.29) is 6.09 Å². The van der Waals surface area contributed by atoms with Crippen molar-refractivity contribution in [3.05, 3.63) is 35.9 Å². The molecule has 1 aromatic rings. The van der Waals surface area contributed by atoms with Gasteiger partial charge in [-0.05, 0) is 12.0 Å². The summed E-state index contributed by atoms with van der Waals surface area (Å²) in [5.41, 5.74) is -0.0620. The monoisotopic (exact) mass is 249 g/mol. The highest BCUT2D eigenvalue weighted by Gasteiger charge is 2.45. The molecule has 0 unspecified atom stereocenters. The average molecular weight is 249 g/mol. The van der Waals surface area contributed by atoms with Crippen LogP contribution in [0.25, 0.3) is 0 Å². The third-order valence-corrected chi connectivity index (χ3v) is 3.20. The van der Waals surface area contributed by atoms with Crippen molar-refractivity contribution in [3.63, 3.8) is 0 Å². The van der Waals surface area contributed by atoms with Crippen LogP contribution in [0.5, 0.6) is 0 Å². The van der Waals surface area contributed by atoms with Gasteiger partial charge in [-0.25, -0.2) is 4.79 Å². The van der Waals surface area contributed by atoms with E-state index in [9.17, 15) is 9.90 Å². The molecule has 1 heterocycles. The van der Waals surface area contributed by atoms with Gasteiger partial charge >= 0.3 is 6.09 Å². The Labute approximate surface area is 107 Å². The van der Waals surface area contributed by atoms with Crippen LogP contribution in [0.2, 0.25) is 0 Å². The molecule has 2 rings (SSSR count). The lowest BCUT2D eigenvalue weighted by atomic mass is 9.86. The van der Waals surface area contributed by atoms with E-state index in [4.69, 9.17) is 4.74 Å². The second-order valence-electron chi connectivity index (χ2n) is 4.72. The number of β-amino-alcohol motifs (C(OH)–C–C–N with tert-alkyl or cyclic N) is 1. The summed E-state index contributed by atoms with van der Waals surface area (Å²) in [6, 6.07) is 9.42. The summed E-state index contributed by atoms with van der Waals surface area (Å²) in [6.07, 6.45) is 1.55. The molecule has 0 bridgehead atoms. The Morgan fingerprint density at radius 2 is 2.06 bits per heavy atom. The molecule has 0 aliphatic carbocycles. The maximum Gasteiger partial charge on any atom is 0.409 e. The molecule has 0 spiro atoms. The Morgan fingerprint density at radius 1 is 1.39 bits per heavy atom. The van der Waals surface area contributed by atoms with Gasteiger partial charge in [0.05, 0.1) is 19.7 Å². The molecule has 1 N–H and O–H groups in total. The van der Waals surface area contributed by atoms with E-state index in [0.29, 0.717) is 19.7 Å². The molecule has 0 atom stereocenters. The fourth-order valence-corrected chi connectivity index (χ4v) is 2.04. The van der Waals surface area contributed by atoms with E-state index in [2.05, 4.69) is 0 Å². The number of carbonyl (C=O) groups excluding carboxylic acids is 1. The van der Waals surface area contributed by atoms with Crippen molar-refractivity contribution in [3.8, 4) is 0 Å². The van der Waals surface area contributed by atoms with Crippen LogP contribution in [-0.2, 0) is 10.3 Å². The van der Waals surface area contributed by atoms with Gasteiger partial charge in [-0.2, -0.15) is 0 Å². The van der Waals surface area contributed by atoms with E-state index in [1.165, 1.54) is 4.90 Å². The van der Waals surface area contributed by atoms with Gasteiger partial charge in [0, 0.05) is 0 Å². The van der Waals surface area contributed by atoms with Crippen LogP contribution >= 0.6 is 0 Å². The summed E-state index contributed by atoms with van der Waals surface area (Å²) >= 11 is 0. The molecule has 18 heavy (non-hydrogen) atoms. The Balaban J connectivity index is 1.84. The zero-order valence-corrected chi connectivity index (χ0v) is 10.6. The highest BCUT2D eigenvalue weighted by atomic mass is 16.6. The van der Waals surface area contributed by atoms with Gasteiger partial charge < -0.3 is 14.7 Å². The van der Waals surface area contributed by atoms with Crippen molar-refractivity contribution in [2.45, 2.75) is 25.4 Å². The lowest BCUT2D eigenvalue weighted by molar-refractivity contribution is -0.0941. The Hall–Kier alpha value is -1.55. The fourth-order valence-electron chi connectivity index (χ4n) is 2.04. The molecule has 1 aliphatic rings. The van der Waals surface area contributed by atoms with Crippen LogP contribution in [0.1, 0.15) is 25.3 Å². The second kappa shape index (κ2) is 5.40. The normalized spacial score (nSPS) is 17.1. The quantitative estimate of drug-likeness (QED) is 0.832. The summed E-state index contributed by atoms with van der Waals surface area (Å²) in [5, 5.41) is 10.3. The van der Waals surface area contributed by atoms with Crippen LogP contribution in [0.3, 0.4) is 0 Å². The molecule has 1 amide bonds. The van der Waals surface area contributed by atoms with E-state index in [1.54, 1.807) is 0 Å². The number of likely N-dealkylation sites (tertiary alicyclic amines) is 1. The molecular weight excluding hydrogens is 230 g/mol. The van der Waals surface area contributed by atoms with Gasteiger partial charge in [-0.3, -0.25) is 0 Å². The number of unbranched alkanes of at least 4 members (excludes halogenated alkanes) is 1. The minimum Gasteiger partial charge on any atom is -0.449 e. The maximum atomic E-state index is 11.6. The third-order valence-electron chi connectivity index (χ3n) is 3.20. The topological polar surface area (TPSA) is 49.8 Å². The van der Waals surface area contributed by atoms with Crippen LogP contribution < -0.4 is 0 Å².